The number of nitrogens with zero attached hydrogens (tertiary/aromatic N) is 1. The quantitative estimate of drug-likeness (QED) is 0.779. The van der Waals surface area contributed by atoms with E-state index in [0.717, 1.165) is 12.8 Å². The second-order valence-corrected chi connectivity index (χ2v) is 6.32. The minimum atomic E-state index is -3.19. The van der Waals surface area contributed by atoms with Gasteiger partial charge in [-0.2, -0.15) is 4.31 Å². The molecule has 1 unspecified atom stereocenters. The van der Waals surface area contributed by atoms with E-state index in [4.69, 9.17) is 0 Å². The molecule has 1 saturated heterocycles. The number of carbonyl (C=O) groups excluding carboxylic acids is 1. The summed E-state index contributed by atoms with van der Waals surface area (Å²) in [5, 5.41) is 2.77. The molecule has 0 bridgehead atoms. The Bertz CT molecular complexity index is 340. The van der Waals surface area contributed by atoms with E-state index in [-0.39, 0.29) is 24.2 Å². The van der Waals surface area contributed by atoms with Crippen molar-refractivity contribution in [1.82, 2.24) is 9.62 Å². The normalized spacial score (nSPS) is 22.6. The summed E-state index contributed by atoms with van der Waals surface area (Å²) in [5.41, 5.74) is 0. The van der Waals surface area contributed by atoms with E-state index >= 15 is 0 Å². The van der Waals surface area contributed by atoms with E-state index in [2.05, 4.69) is 5.32 Å². The summed E-state index contributed by atoms with van der Waals surface area (Å²) in [5.74, 6) is -0.0382. The molecule has 0 aromatic rings. The van der Waals surface area contributed by atoms with Crippen LogP contribution in [0.2, 0.25) is 0 Å². The molecule has 1 amide bonds. The van der Waals surface area contributed by atoms with Crippen molar-refractivity contribution in [1.29, 1.82) is 0 Å². The van der Waals surface area contributed by atoms with Gasteiger partial charge >= 0.3 is 0 Å². The van der Waals surface area contributed by atoms with Gasteiger partial charge in [0.15, 0.2) is 0 Å². The molecule has 0 aromatic carbocycles. The fraction of sp³-hybridized carbons (Fsp3) is 0.900. The Morgan fingerprint density at radius 3 is 2.69 bits per heavy atom. The van der Waals surface area contributed by atoms with E-state index in [1.165, 1.54) is 4.31 Å². The third-order valence-corrected chi connectivity index (χ3v) is 4.70. The smallest absolute Gasteiger partial charge is 0.235 e. The highest BCUT2D eigenvalue weighted by atomic mass is 32.2. The molecule has 5 nitrogen and oxygen atoms in total. The fourth-order valence-electron chi connectivity index (χ4n) is 1.60. The molecule has 0 aliphatic carbocycles. The second-order valence-electron chi connectivity index (χ2n) is 4.23. The van der Waals surface area contributed by atoms with Crippen LogP contribution in [-0.4, -0.2) is 43.5 Å². The van der Waals surface area contributed by atoms with E-state index in [0.29, 0.717) is 13.0 Å². The van der Waals surface area contributed by atoms with Crippen LogP contribution in [0.4, 0.5) is 0 Å². The van der Waals surface area contributed by atoms with Crippen molar-refractivity contribution < 1.29 is 13.2 Å². The summed E-state index contributed by atoms with van der Waals surface area (Å²) >= 11 is 0. The van der Waals surface area contributed by atoms with Crippen molar-refractivity contribution in [2.75, 3.05) is 18.8 Å². The van der Waals surface area contributed by atoms with Crippen molar-refractivity contribution in [3.05, 3.63) is 0 Å². The van der Waals surface area contributed by atoms with Crippen LogP contribution in [-0.2, 0) is 14.8 Å². The molecule has 1 heterocycles. The van der Waals surface area contributed by atoms with Crippen molar-refractivity contribution in [3.8, 4) is 0 Å². The minimum absolute atomic E-state index is 0.0350. The summed E-state index contributed by atoms with van der Waals surface area (Å²) in [4.78, 5) is 11.6. The number of hydrogen-bond acceptors (Lipinski definition) is 3. The number of rotatable bonds is 4. The molecule has 1 N–H and O–H groups in total. The summed E-state index contributed by atoms with van der Waals surface area (Å²) in [6, 6.07) is 0.0972. The zero-order valence-corrected chi connectivity index (χ0v) is 10.7. The molecule has 0 aromatic heterocycles. The Labute approximate surface area is 97.2 Å². The lowest BCUT2D eigenvalue weighted by Gasteiger charge is -2.26. The van der Waals surface area contributed by atoms with Gasteiger partial charge in [0.1, 0.15) is 0 Å². The van der Waals surface area contributed by atoms with Gasteiger partial charge in [-0.15, -0.1) is 0 Å². The van der Waals surface area contributed by atoms with Crippen LogP contribution in [0.3, 0.4) is 0 Å². The maximum atomic E-state index is 11.6. The highest BCUT2D eigenvalue weighted by Gasteiger charge is 2.27. The number of hydrogen-bond donors (Lipinski definition) is 1. The Hall–Kier alpha value is -0.620. The molecule has 0 spiro atoms. The predicted octanol–water partition coefficient (Wildman–Crippen LogP) is 0.327. The van der Waals surface area contributed by atoms with Crippen molar-refractivity contribution >= 4 is 15.9 Å². The van der Waals surface area contributed by atoms with Crippen molar-refractivity contribution in [2.45, 2.75) is 39.2 Å². The third-order valence-electron chi connectivity index (χ3n) is 2.79. The van der Waals surface area contributed by atoms with Gasteiger partial charge in [-0.3, -0.25) is 4.79 Å². The molecule has 6 heteroatoms. The van der Waals surface area contributed by atoms with Crippen LogP contribution in [0.1, 0.15) is 33.1 Å². The fourth-order valence-corrected chi connectivity index (χ4v) is 3.15. The average molecular weight is 248 g/mol. The molecule has 0 saturated carbocycles. The first-order valence-corrected chi connectivity index (χ1v) is 7.34. The van der Waals surface area contributed by atoms with E-state index < -0.39 is 10.0 Å². The van der Waals surface area contributed by atoms with Gasteiger partial charge in [-0.05, 0) is 26.2 Å². The highest BCUT2D eigenvalue weighted by molar-refractivity contribution is 7.89. The zero-order valence-electron chi connectivity index (χ0n) is 9.90. The number of amides is 1. The lowest BCUT2D eigenvalue weighted by Crippen LogP contribution is -2.46. The summed E-state index contributed by atoms with van der Waals surface area (Å²) in [6.45, 7) is 4.31. The van der Waals surface area contributed by atoms with Crippen LogP contribution in [0.25, 0.3) is 0 Å². The molecule has 1 aliphatic heterocycles. The largest absolute Gasteiger partial charge is 0.353 e. The SMILES string of the molecule is CCC(C)NC(=O)CN1CCCCS1(=O)=O. The van der Waals surface area contributed by atoms with Gasteiger partial charge in [0.2, 0.25) is 15.9 Å². The lowest BCUT2D eigenvalue weighted by molar-refractivity contribution is -0.121. The molecular formula is C10H20N2O3S. The first-order chi connectivity index (χ1) is 7.45. The predicted molar refractivity (Wildman–Crippen MR) is 62.5 cm³/mol. The maximum absolute atomic E-state index is 11.6. The van der Waals surface area contributed by atoms with E-state index in [1.807, 2.05) is 13.8 Å². The molecular weight excluding hydrogens is 228 g/mol. The molecule has 1 fully saturated rings. The van der Waals surface area contributed by atoms with E-state index in [1.54, 1.807) is 0 Å². The minimum Gasteiger partial charge on any atom is -0.353 e. The molecule has 1 atom stereocenters. The zero-order chi connectivity index (χ0) is 12.2. The van der Waals surface area contributed by atoms with Crippen molar-refractivity contribution in [3.63, 3.8) is 0 Å². The molecule has 1 rings (SSSR count). The first-order valence-electron chi connectivity index (χ1n) is 5.73. The van der Waals surface area contributed by atoms with Crippen LogP contribution in [0.15, 0.2) is 0 Å². The van der Waals surface area contributed by atoms with Crippen LogP contribution >= 0.6 is 0 Å². The number of nitrogens with one attached hydrogen (secondary N) is 1. The van der Waals surface area contributed by atoms with Crippen molar-refractivity contribution in [2.24, 2.45) is 0 Å². The Morgan fingerprint density at radius 1 is 1.44 bits per heavy atom. The monoisotopic (exact) mass is 248 g/mol. The van der Waals surface area contributed by atoms with Crippen LogP contribution in [0, 0.1) is 0 Å². The number of sulfonamides is 1. The standard InChI is InChI=1S/C10H20N2O3S/c1-3-9(2)11-10(13)8-12-6-4-5-7-16(12,14)15/h9H,3-8H2,1-2H3,(H,11,13). The number of carbonyl (C=O) groups is 1. The average Bonchev–Trinajstić information content (AvgIpc) is 2.21. The van der Waals surface area contributed by atoms with Gasteiger partial charge in [0, 0.05) is 12.6 Å². The Kier molecular flexibility index (Phi) is 4.73. The van der Waals surface area contributed by atoms with Gasteiger partial charge < -0.3 is 5.32 Å². The second kappa shape index (κ2) is 5.63. The molecule has 0 radical (unpaired) electrons. The first kappa shape index (κ1) is 13.4. The maximum Gasteiger partial charge on any atom is 0.235 e. The lowest BCUT2D eigenvalue weighted by atomic mass is 10.2. The summed E-state index contributed by atoms with van der Waals surface area (Å²) < 4.78 is 24.5. The molecule has 1 aliphatic rings. The van der Waals surface area contributed by atoms with E-state index in [9.17, 15) is 13.2 Å². The van der Waals surface area contributed by atoms with Gasteiger partial charge in [-0.1, -0.05) is 6.92 Å². The van der Waals surface area contributed by atoms with Gasteiger partial charge in [0.25, 0.3) is 0 Å². The Morgan fingerprint density at radius 2 is 2.12 bits per heavy atom. The topological polar surface area (TPSA) is 66.5 Å². The van der Waals surface area contributed by atoms with Gasteiger partial charge in [0.05, 0.1) is 12.3 Å². The third kappa shape index (κ3) is 3.75. The Balaban J connectivity index is 2.50. The molecule has 16 heavy (non-hydrogen) atoms. The van der Waals surface area contributed by atoms with Crippen LogP contribution < -0.4 is 5.32 Å². The summed E-state index contributed by atoms with van der Waals surface area (Å²) in [7, 11) is -3.19. The van der Waals surface area contributed by atoms with Crippen LogP contribution in [0.5, 0.6) is 0 Å². The van der Waals surface area contributed by atoms with Gasteiger partial charge in [-0.25, -0.2) is 8.42 Å². The molecule has 94 valence electrons. The summed E-state index contributed by atoms with van der Waals surface area (Å²) in [6.07, 6.45) is 2.39. The highest BCUT2D eigenvalue weighted by Crippen LogP contribution is 2.12.